The van der Waals surface area contributed by atoms with Gasteiger partial charge in [0.1, 0.15) is 0 Å². The smallest absolute Gasteiger partial charge is 0.223 e. The monoisotopic (exact) mass is 265 g/mol. The molecule has 0 unspecified atom stereocenters. The van der Waals surface area contributed by atoms with Gasteiger partial charge >= 0.3 is 0 Å². The van der Waals surface area contributed by atoms with E-state index in [2.05, 4.69) is 17.9 Å². The van der Waals surface area contributed by atoms with Crippen molar-refractivity contribution in [1.82, 2.24) is 9.80 Å². The molecule has 1 heterocycles. The van der Waals surface area contributed by atoms with Crippen LogP contribution in [0.3, 0.4) is 0 Å². The molecule has 0 aromatic rings. The van der Waals surface area contributed by atoms with Gasteiger partial charge in [-0.1, -0.05) is 19.8 Å². The molecule has 0 aromatic carbocycles. The fourth-order valence-corrected chi connectivity index (χ4v) is 2.77. The van der Waals surface area contributed by atoms with Gasteiger partial charge in [-0.15, -0.1) is 0 Å². The highest BCUT2D eigenvalue weighted by Crippen LogP contribution is 2.19. The molecule has 4 nitrogen and oxygen atoms in total. The van der Waals surface area contributed by atoms with E-state index in [0.717, 1.165) is 13.1 Å². The number of rotatable bonds is 6. The standard InChI is InChI=1S/C15H27N3O/c1-3-14-8-5-4-6-12-18(14)13-9-15(19)17(2)11-7-10-16/h14H,3-9,11-13H2,1-2H3/t14-/m0/s1. The molecule has 0 spiro atoms. The van der Waals surface area contributed by atoms with Crippen LogP contribution in [0, 0.1) is 11.3 Å². The summed E-state index contributed by atoms with van der Waals surface area (Å²) in [6, 6.07) is 2.73. The van der Waals surface area contributed by atoms with Gasteiger partial charge in [0.15, 0.2) is 0 Å². The first-order chi connectivity index (χ1) is 9.19. The van der Waals surface area contributed by atoms with Gasteiger partial charge in [0.2, 0.25) is 5.91 Å². The second-order valence-corrected chi connectivity index (χ2v) is 5.42. The van der Waals surface area contributed by atoms with Crippen LogP contribution in [0.15, 0.2) is 0 Å². The maximum Gasteiger partial charge on any atom is 0.223 e. The van der Waals surface area contributed by atoms with Crippen LogP contribution in [0.1, 0.15) is 51.9 Å². The lowest BCUT2D eigenvalue weighted by Gasteiger charge is -2.29. The zero-order chi connectivity index (χ0) is 14.1. The Labute approximate surface area is 117 Å². The van der Waals surface area contributed by atoms with E-state index in [0.29, 0.717) is 25.4 Å². The Morgan fingerprint density at radius 1 is 1.42 bits per heavy atom. The molecule has 0 aliphatic carbocycles. The van der Waals surface area contributed by atoms with Crippen molar-refractivity contribution in [3.8, 4) is 6.07 Å². The van der Waals surface area contributed by atoms with Crippen molar-refractivity contribution in [3.63, 3.8) is 0 Å². The van der Waals surface area contributed by atoms with Gasteiger partial charge in [-0.05, 0) is 25.8 Å². The molecule has 1 fully saturated rings. The number of hydrogen-bond donors (Lipinski definition) is 0. The summed E-state index contributed by atoms with van der Waals surface area (Å²) >= 11 is 0. The predicted octanol–water partition coefficient (Wildman–Crippen LogP) is 2.40. The molecule has 1 saturated heterocycles. The Hall–Kier alpha value is -1.08. The second-order valence-electron chi connectivity index (χ2n) is 5.42. The minimum Gasteiger partial charge on any atom is -0.345 e. The van der Waals surface area contributed by atoms with Crippen LogP contribution in [0.25, 0.3) is 0 Å². The number of nitriles is 1. The zero-order valence-electron chi connectivity index (χ0n) is 12.4. The number of nitrogens with zero attached hydrogens (tertiary/aromatic N) is 3. The predicted molar refractivity (Wildman–Crippen MR) is 76.6 cm³/mol. The molecule has 0 aromatic heterocycles. The SMILES string of the molecule is CC[C@H]1CCCCCN1CCC(=O)N(C)CCC#N. The quantitative estimate of drug-likeness (QED) is 0.741. The molecule has 1 aliphatic heterocycles. The Morgan fingerprint density at radius 3 is 2.89 bits per heavy atom. The minimum absolute atomic E-state index is 0.161. The summed E-state index contributed by atoms with van der Waals surface area (Å²) in [5, 5.41) is 8.53. The molecule has 0 radical (unpaired) electrons. The Balaban J connectivity index is 2.36. The van der Waals surface area contributed by atoms with Crippen LogP contribution in [0.4, 0.5) is 0 Å². The summed E-state index contributed by atoms with van der Waals surface area (Å²) in [4.78, 5) is 16.1. The molecular weight excluding hydrogens is 238 g/mol. The lowest BCUT2D eigenvalue weighted by molar-refractivity contribution is -0.130. The number of likely N-dealkylation sites (tertiary alicyclic amines) is 1. The Morgan fingerprint density at radius 2 is 2.21 bits per heavy atom. The number of carbonyl (C=O) groups excluding carboxylic acids is 1. The maximum atomic E-state index is 12.0. The van der Waals surface area contributed by atoms with Gasteiger partial charge in [-0.3, -0.25) is 9.69 Å². The van der Waals surface area contributed by atoms with Gasteiger partial charge in [-0.2, -0.15) is 5.26 Å². The first kappa shape index (κ1) is 16.0. The number of carbonyl (C=O) groups is 1. The molecule has 0 bridgehead atoms. The van der Waals surface area contributed by atoms with Crippen LogP contribution in [0.5, 0.6) is 0 Å². The van der Waals surface area contributed by atoms with Crippen LogP contribution in [-0.4, -0.2) is 48.4 Å². The molecule has 0 N–H and O–H groups in total. The van der Waals surface area contributed by atoms with E-state index in [4.69, 9.17) is 5.26 Å². The van der Waals surface area contributed by atoms with E-state index >= 15 is 0 Å². The molecule has 19 heavy (non-hydrogen) atoms. The Bertz CT molecular complexity index is 311. The molecule has 0 saturated carbocycles. The van der Waals surface area contributed by atoms with E-state index in [-0.39, 0.29) is 5.91 Å². The van der Waals surface area contributed by atoms with E-state index in [1.165, 1.54) is 32.1 Å². The highest BCUT2D eigenvalue weighted by molar-refractivity contribution is 5.76. The van der Waals surface area contributed by atoms with E-state index in [1.807, 2.05) is 0 Å². The van der Waals surface area contributed by atoms with Crippen LogP contribution >= 0.6 is 0 Å². The van der Waals surface area contributed by atoms with Crippen molar-refractivity contribution in [1.29, 1.82) is 5.26 Å². The van der Waals surface area contributed by atoms with Crippen LogP contribution < -0.4 is 0 Å². The molecule has 1 rings (SSSR count). The molecule has 1 aliphatic rings. The lowest BCUT2D eigenvalue weighted by Crippen LogP contribution is -2.38. The van der Waals surface area contributed by atoms with E-state index in [1.54, 1.807) is 11.9 Å². The van der Waals surface area contributed by atoms with E-state index < -0.39 is 0 Å². The number of amides is 1. The van der Waals surface area contributed by atoms with Crippen LogP contribution in [-0.2, 0) is 4.79 Å². The second kappa shape index (κ2) is 8.92. The van der Waals surface area contributed by atoms with Crippen LogP contribution in [0.2, 0.25) is 0 Å². The van der Waals surface area contributed by atoms with Crippen molar-refractivity contribution in [2.75, 3.05) is 26.7 Å². The summed E-state index contributed by atoms with van der Waals surface area (Å²) in [7, 11) is 1.79. The summed E-state index contributed by atoms with van der Waals surface area (Å²) < 4.78 is 0. The maximum absolute atomic E-state index is 12.0. The van der Waals surface area contributed by atoms with Crippen molar-refractivity contribution in [2.24, 2.45) is 0 Å². The van der Waals surface area contributed by atoms with Gasteiger partial charge in [-0.25, -0.2) is 0 Å². The highest BCUT2D eigenvalue weighted by Gasteiger charge is 2.20. The summed E-state index contributed by atoms with van der Waals surface area (Å²) in [5.41, 5.74) is 0. The highest BCUT2D eigenvalue weighted by atomic mass is 16.2. The summed E-state index contributed by atoms with van der Waals surface area (Å²) in [6.45, 7) is 4.79. The van der Waals surface area contributed by atoms with Gasteiger partial charge < -0.3 is 4.90 Å². The third-order valence-electron chi connectivity index (χ3n) is 4.07. The Kier molecular flexibility index (Phi) is 7.50. The van der Waals surface area contributed by atoms with Gasteiger partial charge in [0.05, 0.1) is 12.5 Å². The molecule has 108 valence electrons. The van der Waals surface area contributed by atoms with E-state index in [9.17, 15) is 4.79 Å². The summed E-state index contributed by atoms with van der Waals surface area (Å²) in [5.74, 6) is 0.161. The third kappa shape index (κ3) is 5.61. The largest absolute Gasteiger partial charge is 0.345 e. The molecule has 4 heteroatoms. The fourth-order valence-electron chi connectivity index (χ4n) is 2.77. The van der Waals surface area contributed by atoms with Crippen molar-refractivity contribution < 1.29 is 4.79 Å². The minimum atomic E-state index is 0.161. The first-order valence-electron chi connectivity index (χ1n) is 7.54. The van der Waals surface area contributed by atoms with Gasteiger partial charge in [0.25, 0.3) is 0 Å². The normalized spacial score (nSPS) is 20.6. The lowest BCUT2D eigenvalue weighted by atomic mass is 10.1. The average Bonchev–Trinajstić information content (AvgIpc) is 2.66. The zero-order valence-corrected chi connectivity index (χ0v) is 12.4. The third-order valence-corrected chi connectivity index (χ3v) is 4.07. The van der Waals surface area contributed by atoms with Crippen molar-refractivity contribution in [3.05, 3.63) is 0 Å². The molecular formula is C15H27N3O. The van der Waals surface area contributed by atoms with Crippen molar-refractivity contribution in [2.45, 2.75) is 57.9 Å². The summed E-state index contributed by atoms with van der Waals surface area (Å²) in [6.07, 6.45) is 7.36. The molecule has 1 amide bonds. The average molecular weight is 265 g/mol. The topological polar surface area (TPSA) is 47.3 Å². The molecule has 1 atom stereocenters. The first-order valence-corrected chi connectivity index (χ1v) is 7.54. The fraction of sp³-hybridized carbons (Fsp3) is 0.867. The van der Waals surface area contributed by atoms with Crippen molar-refractivity contribution >= 4 is 5.91 Å². The van der Waals surface area contributed by atoms with Gasteiger partial charge in [0, 0.05) is 32.6 Å². The number of hydrogen-bond acceptors (Lipinski definition) is 3.